The second kappa shape index (κ2) is 6.56. The molecule has 1 saturated heterocycles. The molecule has 3 rings (SSSR count). The van der Waals surface area contributed by atoms with Crippen molar-refractivity contribution in [1.82, 2.24) is 15.8 Å². The van der Waals surface area contributed by atoms with E-state index in [9.17, 15) is 4.79 Å². The maximum atomic E-state index is 12.3. The highest BCUT2D eigenvalue weighted by atomic mass is 79.9. The van der Waals surface area contributed by atoms with Crippen molar-refractivity contribution < 1.29 is 4.79 Å². The third-order valence-corrected chi connectivity index (χ3v) is 4.62. The first-order chi connectivity index (χ1) is 10.6. The van der Waals surface area contributed by atoms with Gasteiger partial charge in [0.15, 0.2) is 0 Å². The van der Waals surface area contributed by atoms with Crippen LogP contribution in [0.3, 0.4) is 0 Å². The minimum absolute atomic E-state index is 0.0411. The summed E-state index contributed by atoms with van der Waals surface area (Å²) in [4.78, 5) is 16.5. The number of halogens is 1. The van der Waals surface area contributed by atoms with Crippen molar-refractivity contribution in [3.05, 3.63) is 58.3 Å². The molecule has 22 heavy (non-hydrogen) atoms. The van der Waals surface area contributed by atoms with Gasteiger partial charge >= 0.3 is 0 Å². The van der Waals surface area contributed by atoms with Crippen LogP contribution < -0.4 is 16.2 Å². The van der Waals surface area contributed by atoms with Crippen molar-refractivity contribution >= 4 is 27.5 Å². The fourth-order valence-electron chi connectivity index (χ4n) is 2.48. The van der Waals surface area contributed by atoms with Crippen molar-refractivity contribution in [3.8, 4) is 0 Å². The van der Waals surface area contributed by atoms with Gasteiger partial charge in [-0.3, -0.25) is 9.78 Å². The number of aromatic nitrogens is 1. The van der Waals surface area contributed by atoms with Crippen LogP contribution in [0.15, 0.2) is 47.2 Å². The van der Waals surface area contributed by atoms with Gasteiger partial charge in [-0.05, 0) is 48.7 Å². The quantitative estimate of drug-likeness (QED) is 0.787. The maximum absolute atomic E-state index is 12.3. The summed E-state index contributed by atoms with van der Waals surface area (Å²) < 4.78 is 1.03. The Morgan fingerprint density at radius 1 is 1.36 bits per heavy atom. The Balaban J connectivity index is 1.63. The molecule has 114 valence electrons. The monoisotopic (exact) mass is 360 g/mol. The minimum Gasteiger partial charge on any atom is -0.325 e. The Labute approximate surface area is 137 Å². The van der Waals surface area contributed by atoms with E-state index >= 15 is 0 Å². The van der Waals surface area contributed by atoms with Crippen molar-refractivity contribution in [2.45, 2.75) is 25.4 Å². The summed E-state index contributed by atoms with van der Waals surface area (Å²) >= 11 is 3.45. The lowest BCUT2D eigenvalue weighted by molar-refractivity contribution is -0.117. The molecule has 6 heteroatoms. The molecular formula is C16H17BrN4O. The summed E-state index contributed by atoms with van der Waals surface area (Å²) in [5.74, 6) is -0.0411. The van der Waals surface area contributed by atoms with E-state index in [1.807, 2.05) is 43.5 Å². The normalized spacial score (nSPS) is 20.8. The fourth-order valence-corrected chi connectivity index (χ4v) is 2.73. The van der Waals surface area contributed by atoms with Crippen molar-refractivity contribution in [2.75, 3.05) is 5.32 Å². The van der Waals surface area contributed by atoms with Crippen LogP contribution in [-0.2, 0) is 4.79 Å². The second-order valence-corrected chi connectivity index (χ2v) is 6.22. The summed E-state index contributed by atoms with van der Waals surface area (Å²) in [6.07, 6.45) is 4.25. The highest BCUT2D eigenvalue weighted by Gasteiger charge is 2.30. The van der Waals surface area contributed by atoms with Crippen LogP contribution in [0.2, 0.25) is 0 Å². The maximum Gasteiger partial charge on any atom is 0.242 e. The van der Waals surface area contributed by atoms with E-state index in [1.165, 1.54) is 0 Å². The van der Waals surface area contributed by atoms with E-state index in [2.05, 4.69) is 37.1 Å². The highest BCUT2D eigenvalue weighted by molar-refractivity contribution is 9.10. The Hall–Kier alpha value is -1.76. The average Bonchev–Trinajstić information content (AvgIpc) is 3.02. The van der Waals surface area contributed by atoms with Crippen LogP contribution in [0.1, 0.15) is 23.6 Å². The molecule has 2 unspecified atom stereocenters. The van der Waals surface area contributed by atoms with Crippen molar-refractivity contribution in [3.63, 3.8) is 0 Å². The van der Waals surface area contributed by atoms with Crippen LogP contribution in [0, 0.1) is 6.92 Å². The zero-order valence-electron chi connectivity index (χ0n) is 12.1. The number of rotatable bonds is 3. The van der Waals surface area contributed by atoms with Gasteiger partial charge in [-0.2, -0.15) is 0 Å². The van der Waals surface area contributed by atoms with Gasteiger partial charge in [-0.1, -0.05) is 22.0 Å². The van der Waals surface area contributed by atoms with E-state index in [1.54, 1.807) is 6.20 Å². The molecule has 1 aliphatic heterocycles. The van der Waals surface area contributed by atoms with Crippen LogP contribution >= 0.6 is 15.9 Å². The molecule has 0 bridgehead atoms. The van der Waals surface area contributed by atoms with E-state index < -0.39 is 0 Å². The number of hydrogen-bond acceptors (Lipinski definition) is 4. The lowest BCUT2D eigenvalue weighted by atomic mass is 10.0. The number of amides is 1. The second-order valence-electron chi connectivity index (χ2n) is 5.37. The standard InChI is InChI=1S/C16H17BrN4O/c1-10-7-12(4-5-13(10)17)19-16(22)15-8-14(20-21-15)11-3-2-6-18-9-11/h2-7,9,14-15,20-21H,8H2,1H3,(H,19,22). The zero-order chi connectivity index (χ0) is 15.5. The Kier molecular flexibility index (Phi) is 4.52. The number of hydrogen-bond donors (Lipinski definition) is 3. The zero-order valence-corrected chi connectivity index (χ0v) is 13.7. The Morgan fingerprint density at radius 3 is 2.95 bits per heavy atom. The highest BCUT2D eigenvalue weighted by Crippen LogP contribution is 2.23. The molecular weight excluding hydrogens is 344 g/mol. The number of benzene rings is 1. The molecule has 3 N–H and O–H groups in total. The smallest absolute Gasteiger partial charge is 0.242 e. The van der Waals surface area contributed by atoms with Gasteiger partial charge in [0, 0.05) is 28.6 Å². The van der Waals surface area contributed by atoms with Gasteiger partial charge < -0.3 is 5.32 Å². The summed E-state index contributed by atoms with van der Waals surface area (Å²) in [6.45, 7) is 1.99. The van der Waals surface area contributed by atoms with E-state index in [0.717, 1.165) is 21.3 Å². The molecule has 0 spiro atoms. The first-order valence-electron chi connectivity index (χ1n) is 7.11. The lowest BCUT2D eigenvalue weighted by Crippen LogP contribution is -2.39. The van der Waals surface area contributed by atoms with Crippen LogP contribution in [-0.4, -0.2) is 16.9 Å². The number of carbonyl (C=O) groups excluding carboxylic acids is 1. The predicted octanol–water partition coefficient (Wildman–Crippen LogP) is 2.70. The molecule has 1 aromatic heterocycles. The number of carbonyl (C=O) groups is 1. The van der Waals surface area contributed by atoms with Gasteiger partial charge in [0.05, 0.1) is 0 Å². The van der Waals surface area contributed by atoms with E-state index in [4.69, 9.17) is 0 Å². The van der Waals surface area contributed by atoms with Gasteiger partial charge in [0.25, 0.3) is 0 Å². The molecule has 1 fully saturated rings. The number of pyridine rings is 1. The number of nitrogens with zero attached hydrogens (tertiary/aromatic N) is 1. The Morgan fingerprint density at radius 2 is 2.23 bits per heavy atom. The van der Waals surface area contributed by atoms with E-state index in [-0.39, 0.29) is 18.0 Å². The van der Waals surface area contributed by atoms with Gasteiger partial charge in [-0.25, -0.2) is 10.9 Å². The summed E-state index contributed by atoms with van der Waals surface area (Å²) in [7, 11) is 0. The topological polar surface area (TPSA) is 66.0 Å². The number of nitrogens with one attached hydrogen (secondary N) is 3. The average molecular weight is 361 g/mol. The molecule has 1 amide bonds. The van der Waals surface area contributed by atoms with E-state index in [0.29, 0.717) is 6.42 Å². The number of hydrazine groups is 1. The molecule has 2 heterocycles. The molecule has 2 atom stereocenters. The minimum atomic E-state index is -0.269. The number of anilines is 1. The molecule has 0 aliphatic carbocycles. The predicted molar refractivity (Wildman–Crippen MR) is 89.2 cm³/mol. The Bertz CT molecular complexity index is 677. The molecule has 1 aromatic carbocycles. The molecule has 0 saturated carbocycles. The van der Waals surface area contributed by atoms with Crippen molar-refractivity contribution in [2.24, 2.45) is 0 Å². The molecule has 5 nitrogen and oxygen atoms in total. The lowest BCUT2D eigenvalue weighted by Gasteiger charge is -2.11. The molecule has 2 aromatic rings. The molecule has 1 aliphatic rings. The van der Waals surface area contributed by atoms with Gasteiger partial charge in [0.2, 0.25) is 5.91 Å². The third-order valence-electron chi connectivity index (χ3n) is 3.73. The van der Waals surface area contributed by atoms with Crippen molar-refractivity contribution in [1.29, 1.82) is 0 Å². The van der Waals surface area contributed by atoms with Crippen LogP contribution in [0.5, 0.6) is 0 Å². The summed E-state index contributed by atoms with van der Waals surface area (Å²) in [5, 5.41) is 2.95. The fraction of sp³-hybridized carbons (Fsp3) is 0.250. The molecule has 0 radical (unpaired) electrons. The largest absolute Gasteiger partial charge is 0.325 e. The SMILES string of the molecule is Cc1cc(NC(=O)C2CC(c3cccnc3)NN2)ccc1Br. The van der Waals surface area contributed by atoms with Crippen LogP contribution in [0.4, 0.5) is 5.69 Å². The summed E-state index contributed by atoms with van der Waals surface area (Å²) in [6, 6.07) is 9.49. The summed E-state index contributed by atoms with van der Waals surface area (Å²) in [5.41, 5.74) is 9.17. The number of aryl methyl sites for hydroxylation is 1. The van der Waals surface area contributed by atoms with Gasteiger partial charge in [0.1, 0.15) is 6.04 Å². The third kappa shape index (κ3) is 3.35. The first-order valence-corrected chi connectivity index (χ1v) is 7.91. The van der Waals surface area contributed by atoms with Gasteiger partial charge in [-0.15, -0.1) is 0 Å². The van der Waals surface area contributed by atoms with Crippen LogP contribution in [0.25, 0.3) is 0 Å². The first kappa shape index (κ1) is 15.1.